The van der Waals surface area contributed by atoms with Gasteiger partial charge < -0.3 is 14.6 Å². The molecule has 1 unspecified atom stereocenters. The first-order chi connectivity index (χ1) is 23.5. The van der Waals surface area contributed by atoms with Crippen LogP contribution in [0.1, 0.15) is 48.2 Å². The van der Waals surface area contributed by atoms with Crippen molar-refractivity contribution >= 4 is 65.7 Å². The summed E-state index contributed by atoms with van der Waals surface area (Å²) in [6.07, 6.45) is 1.44. The molecular weight excluding hydrogens is 706 g/mol. The van der Waals surface area contributed by atoms with Gasteiger partial charge in [0.1, 0.15) is 11.8 Å². The van der Waals surface area contributed by atoms with Gasteiger partial charge in [-0.3, -0.25) is 9.59 Å². The SMILES string of the molecule is Cc1nn(-c2ccc(S(=O)(=O)c3ccc(C(C)C)cc3)cc2)c2c1C(c1coc3ccc(Br)cc3c1=O)N1C(=N2)C(=O)Nc2ccccc21. The Labute approximate surface area is 289 Å². The molecule has 0 aliphatic carbocycles. The van der Waals surface area contributed by atoms with Crippen molar-refractivity contribution in [2.24, 2.45) is 4.99 Å². The van der Waals surface area contributed by atoms with Gasteiger partial charge in [-0.1, -0.05) is 54.0 Å². The third kappa shape index (κ3) is 4.93. The van der Waals surface area contributed by atoms with Crippen molar-refractivity contribution < 1.29 is 17.6 Å². The summed E-state index contributed by atoms with van der Waals surface area (Å²) in [4.78, 5) is 34.8. The van der Waals surface area contributed by atoms with Crippen LogP contribution in [0.25, 0.3) is 16.7 Å². The zero-order valence-electron chi connectivity index (χ0n) is 26.5. The number of amidine groups is 1. The van der Waals surface area contributed by atoms with Crippen LogP contribution in [-0.4, -0.2) is 29.9 Å². The largest absolute Gasteiger partial charge is 0.464 e. The Morgan fingerprint density at radius 2 is 1.61 bits per heavy atom. The molecule has 49 heavy (non-hydrogen) atoms. The summed E-state index contributed by atoms with van der Waals surface area (Å²) >= 11 is 3.46. The number of carbonyl (C=O) groups excluding carboxylic acids is 1. The molecule has 6 aromatic rings. The van der Waals surface area contributed by atoms with Gasteiger partial charge in [0, 0.05) is 10.0 Å². The van der Waals surface area contributed by atoms with Crippen LogP contribution in [0.2, 0.25) is 0 Å². The summed E-state index contributed by atoms with van der Waals surface area (Å²) in [6.45, 7) is 5.92. The third-order valence-electron chi connectivity index (χ3n) is 8.97. The van der Waals surface area contributed by atoms with E-state index in [-0.39, 0.29) is 27.0 Å². The normalized spacial score (nSPS) is 15.4. The molecule has 12 heteroatoms. The second-order valence-corrected chi connectivity index (χ2v) is 15.2. The highest BCUT2D eigenvalue weighted by molar-refractivity contribution is 9.10. The van der Waals surface area contributed by atoms with E-state index in [1.807, 2.05) is 37.3 Å². The first-order valence-electron chi connectivity index (χ1n) is 15.6. The molecule has 0 saturated carbocycles. The van der Waals surface area contributed by atoms with Gasteiger partial charge in [0.2, 0.25) is 15.7 Å². The molecule has 2 aliphatic heterocycles. The second kappa shape index (κ2) is 11.4. The highest BCUT2D eigenvalue weighted by Crippen LogP contribution is 2.47. The van der Waals surface area contributed by atoms with Gasteiger partial charge >= 0.3 is 0 Å². The number of hydrogen-bond acceptors (Lipinski definition) is 8. The maximum absolute atomic E-state index is 14.2. The zero-order chi connectivity index (χ0) is 34.2. The number of nitrogens with one attached hydrogen (secondary N) is 1. The molecule has 244 valence electrons. The average Bonchev–Trinajstić information content (AvgIpc) is 3.44. The van der Waals surface area contributed by atoms with Gasteiger partial charge in [0.05, 0.1) is 49.5 Å². The molecule has 0 radical (unpaired) electrons. The molecule has 4 aromatic carbocycles. The van der Waals surface area contributed by atoms with E-state index in [1.165, 1.54) is 18.4 Å². The molecule has 4 heterocycles. The van der Waals surface area contributed by atoms with Crippen molar-refractivity contribution in [3.8, 4) is 5.69 Å². The lowest BCUT2D eigenvalue weighted by molar-refractivity contribution is -0.110. The Kier molecular flexibility index (Phi) is 7.20. The fourth-order valence-electron chi connectivity index (χ4n) is 6.46. The topological polar surface area (TPSA) is 127 Å². The number of amides is 1. The minimum Gasteiger partial charge on any atom is -0.464 e. The van der Waals surface area contributed by atoms with E-state index >= 15 is 0 Å². The molecule has 0 spiro atoms. The van der Waals surface area contributed by atoms with Crippen LogP contribution in [0.15, 0.2) is 126 Å². The number of anilines is 2. The van der Waals surface area contributed by atoms with Gasteiger partial charge in [0.15, 0.2) is 11.2 Å². The number of aliphatic imine (C=N–C) groups is 1. The van der Waals surface area contributed by atoms with Crippen LogP contribution in [0.5, 0.6) is 0 Å². The van der Waals surface area contributed by atoms with E-state index in [9.17, 15) is 18.0 Å². The molecule has 2 aromatic heterocycles. The van der Waals surface area contributed by atoms with E-state index in [0.29, 0.717) is 50.7 Å². The zero-order valence-corrected chi connectivity index (χ0v) is 28.9. The standard InChI is InChI=1S/C37H28BrN5O5S/c1-20(2)22-8-13-25(14-9-22)49(46,47)26-15-11-24(12-16-26)43-35-32(21(3)41-43)33(28-19-48-31-17-10-23(38)18-27(31)34(28)44)42-30-7-5-4-6-29(30)39-37(45)36(42)40-35/h4-20,33H,1-3H3,(H,39,45). The van der Waals surface area contributed by atoms with E-state index in [2.05, 4.69) is 35.1 Å². The fourth-order valence-corrected chi connectivity index (χ4v) is 8.08. The minimum absolute atomic E-state index is 0.0788. The highest BCUT2D eigenvalue weighted by atomic mass is 79.9. The Morgan fingerprint density at radius 1 is 0.918 bits per heavy atom. The number of carbonyl (C=O) groups is 1. The maximum atomic E-state index is 14.2. The van der Waals surface area contributed by atoms with E-state index in [1.54, 1.807) is 58.1 Å². The summed E-state index contributed by atoms with van der Waals surface area (Å²) in [5.41, 5.74) is 4.47. The molecule has 8 rings (SSSR count). The number of aromatic nitrogens is 2. The van der Waals surface area contributed by atoms with E-state index in [0.717, 1.165) is 10.0 Å². The van der Waals surface area contributed by atoms with Crippen LogP contribution < -0.4 is 15.6 Å². The van der Waals surface area contributed by atoms with Crippen LogP contribution in [-0.2, 0) is 14.6 Å². The van der Waals surface area contributed by atoms with Gasteiger partial charge in [-0.15, -0.1) is 0 Å². The Balaban J connectivity index is 1.29. The molecular formula is C37H28BrN5O5S. The van der Waals surface area contributed by atoms with Gasteiger partial charge in [-0.2, -0.15) is 5.10 Å². The van der Waals surface area contributed by atoms with Crippen molar-refractivity contribution in [2.75, 3.05) is 10.2 Å². The Hall–Kier alpha value is -5.33. The molecule has 0 fully saturated rings. The summed E-state index contributed by atoms with van der Waals surface area (Å²) in [5.74, 6) is 0.256. The lowest BCUT2D eigenvalue weighted by atomic mass is 9.93. The summed E-state index contributed by atoms with van der Waals surface area (Å²) in [7, 11) is -3.78. The molecule has 1 amide bonds. The smallest absolute Gasteiger partial charge is 0.291 e. The van der Waals surface area contributed by atoms with Crippen molar-refractivity contribution in [1.82, 2.24) is 9.78 Å². The highest BCUT2D eigenvalue weighted by Gasteiger charge is 2.44. The molecule has 1 N–H and O–H groups in total. The first kappa shape index (κ1) is 31.0. The Bertz CT molecular complexity index is 2540. The van der Waals surface area contributed by atoms with Gasteiger partial charge in [-0.05, 0) is 85.1 Å². The number of fused-ring (bicyclic) bond motifs is 5. The molecule has 2 aliphatic rings. The van der Waals surface area contributed by atoms with Gasteiger partial charge in [-0.25, -0.2) is 18.1 Å². The van der Waals surface area contributed by atoms with Crippen LogP contribution in [0.3, 0.4) is 0 Å². The third-order valence-corrected chi connectivity index (χ3v) is 11.3. The lowest BCUT2D eigenvalue weighted by Crippen LogP contribution is -2.49. The van der Waals surface area contributed by atoms with Crippen molar-refractivity contribution in [3.05, 3.63) is 134 Å². The number of sulfone groups is 1. The average molecular weight is 735 g/mol. The Morgan fingerprint density at radius 3 is 2.33 bits per heavy atom. The monoisotopic (exact) mass is 733 g/mol. The predicted octanol–water partition coefficient (Wildman–Crippen LogP) is 7.60. The minimum atomic E-state index is -3.78. The molecule has 10 nitrogen and oxygen atoms in total. The number of para-hydroxylation sites is 2. The van der Waals surface area contributed by atoms with E-state index in [4.69, 9.17) is 14.5 Å². The van der Waals surface area contributed by atoms with Crippen LogP contribution in [0.4, 0.5) is 17.2 Å². The number of halogens is 1. The first-order valence-corrected chi connectivity index (χ1v) is 17.8. The lowest BCUT2D eigenvalue weighted by Gasteiger charge is -2.40. The predicted molar refractivity (Wildman–Crippen MR) is 191 cm³/mol. The number of aryl methyl sites for hydroxylation is 1. The number of hydrogen-bond donors (Lipinski definition) is 1. The number of benzene rings is 4. The van der Waals surface area contributed by atoms with Crippen molar-refractivity contribution in [2.45, 2.75) is 42.5 Å². The summed E-state index contributed by atoms with van der Waals surface area (Å²) in [6, 6.07) is 25.0. The molecule has 1 atom stereocenters. The van der Waals surface area contributed by atoms with E-state index < -0.39 is 21.8 Å². The van der Waals surface area contributed by atoms with Gasteiger partial charge in [0.25, 0.3) is 5.91 Å². The quantitative estimate of drug-likeness (QED) is 0.193. The van der Waals surface area contributed by atoms with Crippen LogP contribution >= 0.6 is 15.9 Å². The molecule has 0 saturated heterocycles. The number of rotatable bonds is 5. The number of nitrogens with zero attached hydrogens (tertiary/aromatic N) is 4. The van der Waals surface area contributed by atoms with Crippen molar-refractivity contribution in [3.63, 3.8) is 0 Å². The summed E-state index contributed by atoms with van der Waals surface area (Å²) < 4.78 is 35.3. The maximum Gasteiger partial charge on any atom is 0.291 e. The van der Waals surface area contributed by atoms with Crippen molar-refractivity contribution in [1.29, 1.82) is 0 Å². The summed E-state index contributed by atoms with van der Waals surface area (Å²) in [5, 5.41) is 8.12. The molecule has 0 bridgehead atoms. The fraction of sp³-hybridized carbons (Fsp3) is 0.135. The van der Waals surface area contributed by atoms with Crippen LogP contribution in [0, 0.1) is 6.92 Å². The second-order valence-electron chi connectivity index (χ2n) is 12.3.